The average Bonchev–Trinajstić information content (AvgIpc) is 3.23. The van der Waals surface area contributed by atoms with E-state index in [1.54, 1.807) is 0 Å². The highest BCUT2D eigenvalue weighted by Gasteiger charge is 2.34. The number of rotatable bonds is 6. The Hall–Kier alpha value is -2.16. The summed E-state index contributed by atoms with van der Waals surface area (Å²) >= 11 is 11.9. The van der Waals surface area contributed by atoms with Gasteiger partial charge in [0.05, 0.1) is 0 Å². The Morgan fingerprint density at radius 3 is 1.97 bits per heavy atom. The van der Waals surface area contributed by atoms with Crippen LogP contribution in [-0.4, -0.2) is 61.0 Å². The highest BCUT2D eigenvalue weighted by molar-refractivity contribution is 7.80. The topological polar surface area (TPSA) is 65.6 Å². The maximum Gasteiger partial charge on any atom is 0.232 e. The van der Waals surface area contributed by atoms with E-state index in [2.05, 4.69) is 38.6 Å². The molecular formula is C28H39ClN6OS. The van der Waals surface area contributed by atoms with Gasteiger partial charge in [-0.15, -0.1) is 0 Å². The monoisotopic (exact) mass is 542 g/mol. The van der Waals surface area contributed by atoms with Crippen molar-refractivity contribution in [1.29, 1.82) is 0 Å². The predicted octanol–water partition coefficient (Wildman–Crippen LogP) is 5.54. The molecule has 0 spiro atoms. The van der Waals surface area contributed by atoms with Gasteiger partial charge >= 0.3 is 0 Å². The molecule has 0 amide bonds. The Kier molecular flexibility index (Phi) is 9.00. The van der Waals surface area contributed by atoms with Gasteiger partial charge in [0.2, 0.25) is 5.95 Å². The van der Waals surface area contributed by atoms with Crippen molar-refractivity contribution in [2.45, 2.75) is 63.2 Å². The second-order valence-electron chi connectivity index (χ2n) is 10.6. The van der Waals surface area contributed by atoms with E-state index >= 15 is 0 Å². The fourth-order valence-electron chi connectivity index (χ4n) is 5.75. The van der Waals surface area contributed by atoms with Crippen molar-refractivity contribution >= 4 is 46.5 Å². The van der Waals surface area contributed by atoms with E-state index in [0.29, 0.717) is 17.6 Å². The number of ether oxygens (including phenoxy) is 1. The van der Waals surface area contributed by atoms with Crippen LogP contribution in [0.2, 0.25) is 5.02 Å². The number of anilines is 3. The molecular weight excluding hydrogens is 504 g/mol. The van der Waals surface area contributed by atoms with E-state index in [9.17, 15) is 0 Å². The van der Waals surface area contributed by atoms with E-state index < -0.39 is 0 Å². The number of thiocarbonyl (C=S) groups is 1. The zero-order valence-electron chi connectivity index (χ0n) is 21.7. The first-order chi connectivity index (χ1) is 18.1. The number of aromatic nitrogens is 2. The summed E-state index contributed by atoms with van der Waals surface area (Å²) in [6, 6.07) is 10.4. The van der Waals surface area contributed by atoms with Crippen molar-refractivity contribution in [3.05, 3.63) is 40.9 Å². The molecule has 0 atom stereocenters. The van der Waals surface area contributed by atoms with Crippen LogP contribution in [-0.2, 0) is 10.2 Å². The first-order valence-corrected chi connectivity index (χ1v) is 14.7. The van der Waals surface area contributed by atoms with Crippen molar-refractivity contribution in [1.82, 2.24) is 15.3 Å². The first-order valence-electron chi connectivity index (χ1n) is 13.9. The lowest BCUT2D eigenvalue weighted by atomic mass is 9.74. The lowest BCUT2D eigenvalue weighted by molar-refractivity contribution is 0.0515. The molecule has 0 aliphatic carbocycles. The van der Waals surface area contributed by atoms with Crippen LogP contribution in [0.3, 0.4) is 0 Å². The zero-order valence-corrected chi connectivity index (χ0v) is 23.3. The number of nitrogens with zero attached hydrogens (tertiary/aromatic N) is 4. The smallest absolute Gasteiger partial charge is 0.232 e. The molecule has 0 unspecified atom stereocenters. The summed E-state index contributed by atoms with van der Waals surface area (Å²) < 4.78 is 5.69. The molecule has 0 radical (unpaired) electrons. The van der Waals surface area contributed by atoms with E-state index in [-0.39, 0.29) is 5.41 Å². The Bertz CT molecular complexity index is 1030. The summed E-state index contributed by atoms with van der Waals surface area (Å²) in [5.41, 5.74) is 1.21. The lowest BCUT2D eigenvalue weighted by Gasteiger charge is -2.38. The molecule has 3 aliphatic rings. The molecule has 2 aromatic rings. The van der Waals surface area contributed by atoms with Gasteiger partial charge < -0.3 is 25.2 Å². The molecule has 37 heavy (non-hydrogen) atoms. The van der Waals surface area contributed by atoms with Gasteiger partial charge in [-0.1, -0.05) is 36.6 Å². The van der Waals surface area contributed by atoms with Gasteiger partial charge in [-0.3, -0.25) is 0 Å². The van der Waals surface area contributed by atoms with E-state index in [0.717, 1.165) is 68.9 Å². The Labute approximate surface area is 231 Å². The number of piperidine rings is 1. The minimum Gasteiger partial charge on any atom is -0.381 e. The van der Waals surface area contributed by atoms with Gasteiger partial charge in [-0.25, -0.2) is 0 Å². The van der Waals surface area contributed by atoms with Gasteiger partial charge in [0.1, 0.15) is 11.6 Å². The molecule has 7 nitrogen and oxygen atoms in total. The van der Waals surface area contributed by atoms with E-state index in [4.69, 9.17) is 38.5 Å². The number of nitrogens with one attached hydrogen (secondary N) is 2. The van der Waals surface area contributed by atoms with Crippen LogP contribution in [0.4, 0.5) is 17.6 Å². The number of halogens is 1. The lowest BCUT2D eigenvalue weighted by Crippen LogP contribution is -2.45. The van der Waals surface area contributed by atoms with Crippen molar-refractivity contribution in [2.75, 3.05) is 61.1 Å². The summed E-state index contributed by atoms with van der Waals surface area (Å²) in [5, 5.41) is 8.12. The SMILES string of the molecule is S=C(NCC1(c2ccc(Cl)cc2)CCOCC1)Nc1nc(N2CCCCCC2)cc(N2CCCCC2)n1. The maximum atomic E-state index is 6.17. The molecule has 0 saturated carbocycles. The second-order valence-corrected chi connectivity index (χ2v) is 11.4. The van der Waals surface area contributed by atoms with Crippen LogP contribution in [0.15, 0.2) is 30.3 Å². The molecule has 1 aromatic heterocycles. The molecule has 4 heterocycles. The highest BCUT2D eigenvalue weighted by Crippen LogP contribution is 2.35. The molecule has 3 fully saturated rings. The van der Waals surface area contributed by atoms with Gasteiger partial charge in [0, 0.05) is 62.4 Å². The van der Waals surface area contributed by atoms with E-state index in [1.165, 1.54) is 50.5 Å². The second kappa shape index (κ2) is 12.6. The molecule has 0 bridgehead atoms. The third kappa shape index (κ3) is 6.84. The molecule has 200 valence electrons. The van der Waals surface area contributed by atoms with E-state index in [1.807, 2.05) is 12.1 Å². The standard InChI is InChI=1S/C28H39ClN6OS/c29-23-10-8-22(9-11-23)28(12-18-36-19-13-28)21-30-27(37)33-26-31-24(34-14-4-1-2-5-15-34)20-25(32-26)35-16-6-3-7-17-35/h8-11,20H,1-7,12-19,21H2,(H2,30,31,32,33,37). The van der Waals surface area contributed by atoms with Crippen LogP contribution < -0.4 is 20.4 Å². The fourth-order valence-corrected chi connectivity index (χ4v) is 6.04. The summed E-state index contributed by atoms with van der Waals surface area (Å²) in [6.45, 7) is 6.38. The van der Waals surface area contributed by atoms with Gasteiger partial charge in [0.15, 0.2) is 5.11 Å². The summed E-state index contributed by atoms with van der Waals surface area (Å²) in [4.78, 5) is 14.7. The highest BCUT2D eigenvalue weighted by atomic mass is 35.5. The quantitative estimate of drug-likeness (QED) is 0.462. The van der Waals surface area contributed by atoms with Crippen molar-refractivity contribution in [3.8, 4) is 0 Å². The third-order valence-corrected chi connectivity index (χ3v) is 8.53. The minimum absolute atomic E-state index is 0.0533. The Morgan fingerprint density at radius 2 is 1.41 bits per heavy atom. The van der Waals surface area contributed by atoms with Crippen LogP contribution in [0.1, 0.15) is 63.4 Å². The molecule has 3 aliphatic heterocycles. The van der Waals surface area contributed by atoms with Crippen LogP contribution in [0.25, 0.3) is 0 Å². The van der Waals surface area contributed by atoms with Crippen molar-refractivity contribution in [2.24, 2.45) is 0 Å². The van der Waals surface area contributed by atoms with Crippen LogP contribution in [0, 0.1) is 0 Å². The van der Waals surface area contributed by atoms with Gasteiger partial charge in [0.25, 0.3) is 0 Å². The molecule has 9 heteroatoms. The van der Waals surface area contributed by atoms with Gasteiger partial charge in [-0.05, 0) is 74.9 Å². The van der Waals surface area contributed by atoms with Crippen LogP contribution in [0.5, 0.6) is 0 Å². The largest absolute Gasteiger partial charge is 0.381 e. The molecule has 5 rings (SSSR count). The number of benzene rings is 1. The first kappa shape index (κ1) is 26.4. The molecule has 3 saturated heterocycles. The van der Waals surface area contributed by atoms with Gasteiger partial charge in [-0.2, -0.15) is 9.97 Å². The number of hydrogen-bond donors (Lipinski definition) is 2. The zero-order chi connectivity index (χ0) is 25.5. The summed E-state index contributed by atoms with van der Waals surface area (Å²) in [7, 11) is 0. The molecule has 2 N–H and O–H groups in total. The maximum absolute atomic E-state index is 6.17. The average molecular weight is 543 g/mol. The summed E-state index contributed by atoms with van der Waals surface area (Å²) in [5.74, 6) is 2.58. The van der Waals surface area contributed by atoms with Crippen molar-refractivity contribution < 1.29 is 4.74 Å². The third-order valence-electron chi connectivity index (χ3n) is 8.03. The van der Waals surface area contributed by atoms with Crippen molar-refractivity contribution in [3.63, 3.8) is 0 Å². The van der Waals surface area contributed by atoms with Crippen LogP contribution >= 0.6 is 23.8 Å². The Balaban J connectivity index is 1.32. The number of hydrogen-bond acceptors (Lipinski definition) is 6. The predicted molar refractivity (Wildman–Crippen MR) is 156 cm³/mol. The summed E-state index contributed by atoms with van der Waals surface area (Å²) in [6.07, 6.45) is 10.6. The Morgan fingerprint density at radius 1 is 0.865 bits per heavy atom. The molecule has 1 aromatic carbocycles. The minimum atomic E-state index is -0.0533. The fraction of sp³-hybridized carbons (Fsp3) is 0.607. The normalized spacial score (nSPS) is 20.2.